The van der Waals surface area contributed by atoms with Gasteiger partial charge in [0.15, 0.2) is 5.82 Å². The molecule has 1 fully saturated rings. The van der Waals surface area contributed by atoms with Crippen LogP contribution in [0.25, 0.3) is 0 Å². The SMILES string of the molecule is CC(C)(C)c1nc(CNC(=O)c2cc(N3CCCC3=O)cc(C(F)(F)F)c2)no1. The molecule has 1 saturated heterocycles. The van der Waals surface area contributed by atoms with Crippen molar-refractivity contribution in [2.24, 2.45) is 0 Å². The molecule has 1 N–H and O–H groups in total. The molecule has 0 bridgehead atoms. The minimum absolute atomic E-state index is 0.0575. The highest BCUT2D eigenvalue weighted by Crippen LogP contribution is 2.34. The van der Waals surface area contributed by atoms with E-state index < -0.39 is 17.6 Å². The van der Waals surface area contributed by atoms with Crippen LogP contribution in [0.2, 0.25) is 0 Å². The van der Waals surface area contributed by atoms with E-state index in [9.17, 15) is 22.8 Å². The topological polar surface area (TPSA) is 88.3 Å². The molecule has 29 heavy (non-hydrogen) atoms. The van der Waals surface area contributed by atoms with Gasteiger partial charge in [0, 0.05) is 29.6 Å². The van der Waals surface area contributed by atoms with Crippen molar-refractivity contribution in [3.63, 3.8) is 0 Å². The van der Waals surface area contributed by atoms with Crippen molar-refractivity contribution in [1.82, 2.24) is 15.5 Å². The molecular formula is C19H21F3N4O3. The molecule has 2 amide bonds. The van der Waals surface area contributed by atoms with Crippen LogP contribution in [0.15, 0.2) is 22.7 Å². The molecule has 7 nitrogen and oxygen atoms in total. The quantitative estimate of drug-likeness (QED) is 0.834. The number of rotatable bonds is 4. The molecule has 1 aromatic heterocycles. The number of halogens is 3. The fraction of sp³-hybridized carbons (Fsp3) is 0.474. The van der Waals surface area contributed by atoms with Gasteiger partial charge in [0.2, 0.25) is 11.8 Å². The van der Waals surface area contributed by atoms with E-state index in [1.807, 2.05) is 20.8 Å². The van der Waals surface area contributed by atoms with Crippen LogP contribution in [0.1, 0.15) is 61.2 Å². The number of hydrogen-bond acceptors (Lipinski definition) is 5. The zero-order valence-electron chi connectivity index (χ0n) is 16.3. The summed E-state index contributed by atoms with van der Waals surface area (Å²) in [5.41, 5.74) is -1.50. The number of benzene rings is 1. The second-order valence-corrected chi connectivity index (χ2v) is 7.86. The van der Waals surface area contributed by atoms with Gasteiger partial charge < -0.3 is 14.7 Å². The third kappa shape index (κ3) is 4.75. The van der Waals surface area contributed by atoms with E-state index in [1.54, 1.807) is 0 Å². The van der Waals surface area contributed by atoms with Gasteiger partial charge in [-0.25, -0.2) is 0 Å². The molecule has 0 spiro atoms. The molecule has 0 saturated carbocycles. The molecule has 156 valence electrons. The zero-order valence-corrected chi connectivity index (χ0v) is 16.3. The van der Waals surface area contributed by atoms with Gasteiger partial charge in [-0.2, -0.15) is 18.2 Å². The molecule has 1 aliphatic rings. The minimum atomic E-state index is -4.65. The first-order valence-electron chi connectivity index (χ1n) is 9.09. The predicted molar refractivity (Wildman–Crippen MR) is 97.2 cm³/mol. The highest BCUT2D eigenvalue weighted by Gasteiger charge is 2.33. The third-order valence-corrected chi connectivity index (χ3v) is 4.41. The maximum absolute atomic E-state index is 13.3. The van der Waals surface area contributed by atoms with E-state index in [2.05, 4.69) is 15.5 Å². The van der Waals surface area contributed by atoms with E-state index in [4.69, 9.17) is 4.52 Å². The monoisotopic (exact) mass is 410 g/mol. The van der Waals surface area contributed by atoms with Crippen molar-refractivity contribution < 1.29 is 27.3 Å². The van der Waals surface area contributed by atoms with Gasteiger partial charge >= 0.3 is 6.18 Å². The number of anilines is 1. The largest absolute Gasteiger partial charge is 0.416 e. The summed E-state index contributed by atoms with van der Waals surface area (Å²) in [6.07, 6.45) is -3.82. The number of nitrogens with one attached hydrogen (secondary N) is 1. The lowest BCUT2D eigenvalue weighted by Gasteiger charge is -2.19. The van der Waals surface area contributed by atoms with Crippen LogP contribution in [0, 0.1) is 0 Å². The van der Waals surface area contributed by atoms with Gasteiger partial charge in [0.05, 0.1) is 12.1 Å². The van der Waals surface area contributed by atoms with Crippen LogP contribution >= 0.6 is 0 Å². The highest BCUT2D eigenvalue weighted by molar-refractivity contribution is 5.99. The Morgan fingerprint density at radius 3 is 2.52 bits per heavy atom. The fourth-order valence-electron chi connectivity index (χ4n) is 2.87. The molecule has 0 radical (unpaired) electrons. The number of aromatic nitrogens is 2. The van der Waals surface area contributed by atoms with Crippen molar-refractivity contribution in [3.05, 3.63) is 41.0 Å². The first-order chi connectivity index (χ1) is 13.4. The van der Waals surface area contributed by atoms with Crippen LogP contribution in [0.4, 0.5) is 18.9 Å². The summed E-state index contributed by atoms with van der Waals surface area (Å²) in [5, 5.41) is 6.25. The molecule has 2 aromatic rings. The third-order valence-electron chi connectivity index (χ3n) is 4.41. The van der Waals surface area contributed by atoms with E-state index in [0.717, 1.165) is 12.1 Å². The van der Waals surface area contributed by atoms with Crippen LogP contribution in [0.5, 0.6) is 0 Å². The van der Waals surface area contributed by atoms with E-state index in [0.29, 0.717) is 18.9 Å². The molecule has 0 unspecified atom stereocenters. The van der Waals surface area contributed by atoms with Gasteiger partial charge in [-0.1, -0.05) is 25.9 Å². The van der Waals surface area contributed by atoms with Crippen LogP contribution < -0.4 is 10.2 Å². The Bertz CT molecular complexity index is 932. The molecule has 10 heteroatoms. The Morgan fingerprint density at radius 2 is 1.97 bits per heavy atom. The summed E-state index contributed by atoms with van der Waals surface area (Å²) in [5.74, 6) is -0.399. The van der Waals surface area contributed by atoms with Gasteiger partial charge in [-0.05, 0) is 24.6 Å². The van der Waals surface area contributed by atoms with Gasteiger partial charge in [-0.15, -0.1) is 0 Å². The number of carbonyl (C=O) groups is 2. The molecule has 3 rings (SSSR count). The molecular weight excluding hydrogens is 389 g/mol. The van der Waals surface area contributed by atoms with Gasteiger partial charge in [0.25, 0.3) is 5.91 Å². The lowest BCUT2D eigenvalue weighted by molar-refractivity contribution is -0.137. The first kappa shape index (κ1) is 20.8. The van der Waals surface area contributed by atoms with Gasteiger partial charge in [-0.3, -0.25) is 9.59 Å². The molecule has 1 aliphatic heterocycles. The number of nitrogens with zero attached hydrogens (tertiary/aromatic N) is 3. The summed E-state index contributed by atoms with van der Waals surface area (Å²) in [4.78, 5) is 29.8. The number of amides is 2. The van der Waals surface area contributed by atoms with Crippen molar-refractivity contribution in [2.45, 2.75) is 51.7 Å². The minimum Gasteiger partial charge on any atom is -0.345 e. The van der Waals surface area contributed by atoms with E-state index in [1.165, 1.54) is 11.0 Å². The average molecular weight is 410 g/mol. The lowest BCUT2D eigenvalue weighted by Crippen LogP contribution is -2.27. The summed E-state index contributed by atoms with van der Waals surface area (Å²) in [6, 6.07) is 2.93. The van der Waals surface area contributed by atoms with Crippen molar-refractivity contribution in [3.8, 4) is 0 Å². The highest BCUT2D eigenvalue weighted by atomic mass is 19.4. The Labute approximate surface area is 165 Å². The Morgan fingerprint density at radius 1 is 1.24 bits per heavy atom. The van der Waals surface area contributed by atoms with Crippen LogP contribution in [-0.4, -0.2) is 28.5 Å². The van der Waals surface area contributed by atoms with E-state index in [-0.39, 0.29) is 41.4 Å². The maximum Gasteiger partial charge on any atom is 0.416 e. The lowest BCUT2D eigenvalue weighted by atomic mass is 9.97. The van der Waals surface area contributed by atoms with Crippen molar-refractivity contribution in [2.75, 3.05) is 11.4 Å². The Balaban J connectivity index is 1.82. The first-order valence-corrected chi connectivity index (χ1v) is 9.09. The fourth-order valence-corrected chi connectivity index (χ4v) is 2.87. The van der Waals surface area contributed by atoms with Gasteiger partial charge in [0.1, 0.15) is 0 Å². The van der Waals surface area contributed by atoms with Crippen molar-refractivity contribution >= 4 is 17.5 Å². The van der Waals surface area contributed by atoms with Crippen molar-refractivity contribution in [1.29, 1.82) is 0 Å². The van der Waals surface area contributed by atoms with Crippen LogP contribution in [-0.2, 0) is 22.9 Å². The Kier molecular flexibility index (Phi) is 5.38. The second-order valence-electron chi connectivity index (χ2n) is 7.86. The molecule has 0 aliphatic carbocycles. The summed E-state index contributed by atoms with van der Waals surface area (Å²) in [7, 11) is 0. The number of alkyl halides is 3. The predicted octanol–water partition coefficient (Wildman–Crippen LogP) is 3.44. The summed E-state index contributed by atoms with van der Waals surface area (Å²) >= 11 is 0. The molecule has 1 aromatic carbocycles. The average Bonchev–Trinajstić information content (AvgIpc) is 3.27. The summed E-state index contributed by atoms with van der Waals surface area (Å²) in [6.45, 7) is 5.86. The molecule has 0 atom stereocenters. The zero-order chi connectivity index (χ0) is 21.4. The molecule has 2 heterocycles. The number of carbonyl (C=O) groups excluding carboxylic acids is 2. The standard InChI is InChI=1S/C19H21F3N4O3/c1-18(2,3)17-24-14(25-29-17)10-23-16(28)11-7-12(19(20,21)22)9-13(8-11)26-6-4-5-15(26)27/h7-9H,4-6,10H2,1-3H3,(H,23,28). The normalized spacial score (nSPS) is 15.1. The maximum atomic E-state index is 13.3. The second kappa shape index (κ2) is 7.49. The Hall–Kier alpha value is -2.91. The van der Waals surface area contributed by atoms with E-state index >= 15 is 0 Å². The van der Waals surface area contributed by atoms with Crippen LogP contribution in [0.3, 0.4) is 0 Å². The number of hydrogen-bond donors (Lipinski definition) is 1. The smallest absolute Gasteiger partial charge is 0.345 e. The summed E-state index contributed by atoms with van der Waals surface area (Å²) < 4.78 is 45.0.